The Bertz CT molecular complexity index is 521. The van der Waals surface area contributed by atoms with Gasteiger partial charge in [-0.3, -0.25) is 9.89 Å². The Kier molecular flexibility index (Phi) is 2.99. The fraction of sp³-hybridized carbons (Fsp3) is 0.200. The number of pyridine rings is 1. The lowest BCUT2D eigenvalue weighted by molar-refractivity contribution is 0.101. The zero-order chi connectivity index (χ0) is 12.3. The van der Waals surface area contributed by atoms with Gasteiger partial charge in [0.1, 0.15) is 5.75 Å². The third-order valence-electron chi connectivity index (χ3n) is 2.00. The fourth-order valence-electron chi connectivity index (χ4n) is 1.18. The summed E-state index contributed by atoms with van der Waals surface area (Å²) in [4.78, 5) is 15.2. The summed E-state index contributed by atoms with van der Waals surface area (Å²) in [7, 11) is 1.52. The monoisotopic (exact) mass is 234 g/mol. The molecule has 17 heavy (non-hydrogen) atoms. The lowest BCUT2D eigenvalue weighted by atomic mass is 10.3. The highest BCUT2D eigenvalue weighted by atomic mass is 16.5. The van der Waals surface area contributed by atoms with Crippen LogP contribution in [0.4, 0.5) is 0 Å². The molecule has 0 unspecified atom stereocenters. The van der Waals surface area contributed by atoms with Crippen LogP contribution in [0.1, 0.15) is 17.4 Å². The predicted octanol–water partition coefficient (Wildman–Crippen LogP) is 1.20. The third kappa shape index (κ3) is 2.39. The van der Waals surface area contributed by atoms with Crippen LogP contribution in [0, 0.1) is 0 Å². The molecule has 0 spiro atoms. The van der Waals surface area contributed by atoms with Crippen LogP contribution in [0.2, 0.25) is 0 Å². The molecule has 2 rings (SSSR count). The molecule has 0 amide bonds. The molecule has 88 valence electrons. The van der Waals surface area contributed by atoms with Crippen LogP contribution in [0.3, 0.4) is 0 Å². The van der Waals surface area contributed by atoms with Crippen LogP contribution in [-0.4, -0.2) is 33.3 Å². The zero-order valence-electron chi connectivity index (χ0n) is 9.30. The molecule has 0 saturated carbocycles. The summed E-state index contributed by atoms with van der Waals surface area (Å²) in [6.07, 6.45) is 1.47. The molecule has 0 aliphatic carbocycles. The van der Waals surface area contributed by atoms with Crippen molar-refractivity contribution >= 4 is 5.78 Å². The minimum absolute atomic E-state index is 0.129. The van der Waals surface area contributed by atoms with E-state index in [1.54, 1.807) is 12.1 Å². The maximum atomic E-state index is 11.2. The fourth-order valence-corrected chi connectivity index (χ4v) is 1.18. The molecule has 1 N–H and O–H groups in total. The number of methoxy groups -OCH3 is 1. The average molecular weight is 234 g/mol. The summed E-state index contributed by atoms with van der Waals surface area (Å²) in [6.45, 7) is 1.40. The first-order valence-corrected chi connectivity index (χ1v) is 4.80. The smallest absolute Gasteiger partial charge is 0.269 e. The number of hydrogen-bond acceptors (Lipinski definition) is 6. The predicted molar refractivity (Wildman–Crippen MR) is 57.3 cm³/mol. The van der Waals surface area contributed by atoms with E-state index >= 15 is 0 Å². The summed E-state index contributed by atoms with van der Waals surface area (Å²) >= 11 is 0. The van der Waals surface area contributed by atoms with Crippen molar-refractivity contribution in [3.05, 3.63) is 24.0 Å². The van der Waals surface area contributed by atoms with Gasteiger partial charge in [0.05, 0.1) is 13.3 Å². The first-order chi connectivity index (χ1) is 8.20. The molecule has 2 aromatic rings. The zero-order valence-corrected chi connectivity index (χ0v) is 9.30. The number of hydrogen-bond donors (Lipinski definition) is 1. The second kappa shape index (κ2) is 4.60. The Morgan fingerprint density at radius 2 is 2.24 bits per heavy atom. The molecule has 7 heteroatoms. The molecule has 0 saturated heterocycles. The van der Waals surface area contributed by atoms with Crippen LogP contribution in [-0.2, 0) is 0 Å². The highest BCUT2D eigenvalue weighted by Crippen LogP contribution is 2.22. The molecule has 2 aromatic heterocycles. The number of ketones is 1. The molecule has 2 heterocycles. The second-order valence-electron chi connectivity index (χ2n) is 3.19. The van der Waals surface area contributed by atoms with E-state index < -0.39 is 0 Å². The second-order valence-corrected chi connectivity index (χ2v) is 3.19. The summed E-state index contributed by atoms with van der Waals surface area (Å²) < 4.78 is 10.3. The largest absolute Gasteiger partial charge is 0.481 e. The van der Waals surface area contributed by atoms with Gasteiger partial charge in [0.15, 0.2) is 11.5 Å². The van der Waals surface area contributed by atoms with E-state index in [0.29, 0.717) is 11.6 Å². The lowest BCUT2D eigenvalue weighted by Crippen LogP contribution is -1.97. The average Bonchev–Trinajstić information content (AvgIpc) is 2.78. The minimum Gasteiger partial charge on any atom is -0.481 e. The van der Waals surface area contributed by atoms with E-state index in [-0.39, 0.29) is 17.4 Å². The molecule has 0 bridgehead atoms. The number of rotatable bonds is 4. The van der Waals surface area contributed by atoms with Gasteiger partial charge in [-0.15, -0.1) is 0 Å². The maximum Gasteiger partial charge on any atom is 0.269 e. The summed E-state index contributed by atoms with van der Waals surface area (Å²) in [6, 6.07) is 3.30. The van der Waals surface area contributed by atoms with Crippen LogP contribution in [0.5, 0.6) is 17.5 Å². The number of aromatic nitrogens is 4. The Morgan fingerprint density at radius 3 is 2.82 bits per heavy atom. The molecule has 0 aromatic carbocycles. The van der Waals surface area contributed by atoms with Crippen molar-refractivity contribution in [2.75, 3.05) is 7.11 Å². The van der Waals surface area contributed by atoms with Crippen LogP contribution in [0.25, 0.3) is 0 Å². The highest BCUT2D eigenvalue weighted by Gasteiger charge is 2.13. The number of aromatic amines is 1. The van der Waals surface area contributed by atoms with E-state index in [2.05, 4.69) is 20.4 Å². The van der Waals surface area contributed by atoms with Gasteiger partial charge in [0.25, 0.3) is 5.88 Å². The van der Waals surface area contributed by atoms with Crippen LogP contribution < -0.4 is 9.47 Å². The van der Waals surface area contributed by atoms with E-state index in [1.807, 2.05) is 0 Å². The lowest BCUT2D eigenvalue weighted by Gasteiger charge is -2.03. The number of nitrogens with one attached hydrogen (secondary N) is 1. The molecule has 0 atom stereocenters. The van der Waals surface area contributed by atoms with Gasteiger partial charge in [0.2, 0.25) is 5.88 Å². The first-order valence-electron chi connectivity index (χ1n) is 4.80. The van der Waals surface area contributed by atoms with Gasteiger partial charge < -0.3 is 9.47 Å². The van der Waals surface area contributed by atoms with Crippen LogP contribution in [0.15, 0.2) is 18.3 Å². The summed E-state index contributed by atoms with van der Waals surface area (Å²) in [5, 5.41) is 9.64. The first kappa shape index (κ1) is 11.1. The normalized spacial score (nSPS) is 10.0. The van der Waals surface area contributed by atoms with Gasteiger partial charge in [0, 0.05) is 13.0 Å². The molecule has 7 nitrogen and oxygen atoms in total. The Morgan fingerprint density at radius 1 is 1.41 bits per heavy atom. The van der Waals surface area contributed by atoms with Gasteiger partial charge in [-0.1, -0.05) is 10.3 Å². The minimum atomic E-state index is -0.202. The van der Waals surface area contributed by atoms with Crippen molar-refractivity contribution in [3.63, 3.8) is 0 Å². The van der Waals surface area contributed by atoms with Crippen LogP contribution >= 0.6 is 0 Å². The van der Waals surface area contributed by atoms with E-state index in [4.69, 9.17) is 9.47 Å². The van der Waals surface area contributed by atoms with Gasteiger partial charge in [-0.2, -0.15) is 0 Å². The van der Waals surface area contributed by atoms with Crippen molar-refractivity contribution in [3.8, 4) is 17.5 Å². The van der Waals surface area contributed by atoms with Gasteiger partial charge >= 0.3 is 0 Å². The quantitative estimate of drug-likeness (QED) is 0.799. The van der Waals surface area contributed by atoms with Crippen molar-refractivity contribution in [2.24, 2.45) is 0 Å². The third-order valence-corrected chi connectivity index (χ3v) is 2.00. The van der Waals surface area contributed by atoms with E-state index in [9.17, 15) is 4.79 Å². The van der Waals surface area contributed by atoms with Crippen molar-refractivity contribution < 1.29 is 14.3 Å². The number of nitrogens with zero attached hydrogens (tertiary/aromatic N) is 3. The number of carbonyl (C=O) groups excluding carboxylic acids is 1. The Balaban J connectivity index is 2.19. The topological polar surface area (TPSA) is 90.0 Å². The van der Waals surface area contributed by atoms with E-state index in [0.717, 1.165) is 0 Å². The highest BCUT2D eigenvalue weighted by molar-refractivity contribution is 5.94. The molecular formula is C10H10N4O3. The molecular weight excluding hydrogens is 224 g/mol. The van der Waals surface area contributed by atoms with Gasteiger partial charge in [-0.05, 0) is 6.07 Å². The SMILES string of the molecule is COc1ccc(Oc2nn[nH]c2C(C)=O)cn1. The molecule has 0 fully saturated rings. The summed E-state index contributed by atoms with van der Waals surface area (Å²) in [5.41, 5.74) is 0.223. The number of ether oxygens (including phenoxy) is 2. The standard InChI is InChI=1S/C10H10N4O3/c1-6(15)9-10(13-14-12-9)17-7-3-4-8(16-2)11-5-7/h3-5H,1-2H3,(H,12,13,14). The van der Waals surface area contributed by atoms with Crippen molar-refractivity contribution in [1.82, 2.24) is 20.4 Å². The Labute approximate surface area is 96.8 Å². The van der Waals surface area contributed by atoms with Crippen molar-refractivity contribution in [1.29, 1.82) is 0 Å². The Hall–Kier alpha value is -2.44. The molecule has 0 radical (unpaired) electrons. The number of Topliss-reactive ketones (excluding diaryl/α,β-unsaturated/α-hetero) is 1. The molecule has 0 aliphatic rings. The summed E-state index contributed by atoms with van der Waals surface area (Å²) in [5.74, 6) is 0.849. The van der Waals surface area contributed by atoms with E-state index in [1.165, 1.54) is 20.2 Å². The van der Waals surface area contributed by atoms with Crippen molar-refractivity contribution in [2.45, 2.75) is 6.92 Å². The molecule has 0 aliphatic heterocycles. The maximum absolute atomic E-state index is 11.2. The number of carbonyl (C=O) groups is 1. The van der Waals surface area contributed by atoms with Gasteiger partial charge in [-0.25, -0.2) is 4.98 Å². The number of H-pyrrole nitrogens is 1.